The van der Waals surface area contributed by atoms with Crippen molar-refractivity contribution in [3.8, 4) is 0 Å². The molecule has 0 spiro atoms. The summed E-state index contributed by atoms with van der Waals surface area (Å²) < 4.78 is 81.1. The van der Waals surface area contributed by atoms with E-state index in [2.05, 4.69) is 0 Å². The van der Waals surface area contributed by atoms with E-state index in [-0.39, 0.29) is 0 Å². The number of rotatable bonds is 0. The summed E-state index contributed by atoms with van der Waals surface area (Å²) in [5.74, 6) is 0. The van der Waals surface area contributed by atoms with Gasteiger partial charge in [-0.25, -0.2) is 0 Å². The maximum absolute atomic E-state index is 8.52. The third-order valence-electron chi connectivity index (χ3n) is 0. The topological polar surface area (TPSA) is 153 Å². The van der Waals surface area contributed by atoms with Crippen LogP contribution >= 0.6 is 0 Å². The fourth-order valence-electron chi connectivity index (χ4n) is 0. The predicted molar refractivity (Wildman–Crippen MR) is 22.4 cm³/mol. The first-order valence-electron chi connectivity index (χ1n) is 4.24. The molecule has 0 saturated heterocycles. The minimum Gasteiger partial charge on any atom is -0.759 e. The zero-order valence-electron chi connectivity index (χ0n) is 10.9. The molecular weight excluding hydrogens is 126 g/mol. The summed E-state index contributed by atoms with van der Waals surface area (Å²) in [6, 6.07) is 0. The van der Waals surface area contributed by atoms with Crippen molar-refractivity contribution in [2.24, 2.45) is 0 Å². The molecule has 7 heavy (non-hydrogen) atoms. The molecule has 0 bridgehead atoms. The third-order valence-corrected chi connectivity index (χ3v) is 0. The maximum atomic E-state index is 8.52. The van der Waals surface area contributed by atoms with Gasteiger partial charge >= 0.3 is 11.3 Å². The quantitative estimate of drug-likeness (QED) is 0.263. The zero-order valence-corrected chi connectivity index (χ0v) is 3.75. The average molecular weight is 142 g/mol. The molecule has 0 aromatic rings. The molecular formula is H8N2O4S. The minimum absolute atomic E-state index is 2.00. The van der Waals surface area contributed by atoms with Crippen LogP contribution in [-0.4, -0.2) is 17.5 Å². The van der Waals surface area contributed by atoms with Crippen LogP contribution in [0.1, 0.15) is 0 Å². The highest BCUT2D eigenvalue weighted by atomic mass is 32.3. The smallest absolute Gasteiger partial charge is 0.342 e. The molecule has 6 nitrogen and oxygen atoms in total. The highest BCUT2D eigenvalue weighted by molar-refractivity contribution is 7.79. The van der Waals surface area contributed by atoms with Crippen molar-refractivity contribution in [2.45, 2.75) is 0 Å². The van der Waals surface area contributed by atoms with Crippen LogP contribution in [0.3, 0.4) is 0 Å². The van der Waals surface area contributed by atoms with E-state index in [1.54, 1.807) is 0 Å². The second-order valence-corrected chi connectivity index (χ2v) is 1.22. The molecule has 0 aliphatic heterocycles. The van der Waals surface area contributed by atoms with E-state index < -0.39 is 22.6 Å². The first kappa shape index (κ1) is 1.64. The Labute approximate surface area is 53.0 Å². The van der Waals surface area contributed by atoms with E-state index in [9.17, 15) is 0 Å². The van der Waals surface area contributed by atoms with E-state index in [1.807, 2.05) is 0 Å². The first-order valence-corrected chi connectivity index (χ1v) is 2.00. The van der Waals surface area contributed by atoms with Gasteiger partial charge in [0.1, 0.15) is 0 Å². The lowest BCUT2D eigenvalue weighted by Gasteiger charge is -2.06. The Morgan fingerprint density at radius 1 is 1.43 bits per heavy atom. The summed E-state index contributed by atoms with van der Waals surface area (Å²) in [6.07, 6.45) is -4.00. The normalized spacial score (nSPS) is 26.6. The first-order chi connectivity index (χ1) is 6.00. The molecule has 48 valence electrons. The van der Waals surface area contributed by atoms with E-state index in [4.69, 9.17) is 28.8 Å². The van der Waals surface area contributed by atoms with Gasteiger partial charge in [0.05, 0.1) is 0 Å². The van der Waals surface area contributed by atoms with Crippen LogP contribution in [0.5, 0.6) is 0 Å². The molecule has 0 saturated carbocycles. The van der Waals surface area contributed by atoms with Crippen molar-refractivity contribution in [3.63, 3.8) is 0 Å². The molecule has 0 heterocycles. The highest BCUT2D eigenvalue weighted by Gasteiger charge is 1.49. The molecule has 0 amide bonds. The van der Waals surface area contributed by atoms with Crippen molar-refractivity contribution in [2.75, 3.05) is 0 Å². The lowest BCUT2D eigenvalue weighted by atomic mass is 15.0. The van der Waals surface area contributed by atoms with Crippen LogP contribution in [-0.2, 0) is 10.4 Å². The second-order valence-electron chi connectivity index (χ2n) is 0.408. The fourth-order valence-corrected chi connectivity index (χ4v) is 0. The molecule has 0 aromatic carbocycles. The molecule has 0 fully saturated rings. The summed E-state index contributed by atoms with van der Waals surface area (Å²) in [5.41, 5.74) is 0. The molecule has 0 atom stereocenters. The summed E-state index contributed by atoms with van der Waals surface area (Å²) >= 11 is 0. The lowest BCUT2D eigenvalue weighted by molar-refractivity contribution is 0.352. The van der Waals surface area contributed by atoms with Crippen LogP contribution < -0.4 is 12.2 Å². The molecule has 0 aliphatic carbocycles. The van der Waals surface area contributed by atoms with E-state index in [0.29, 0.717) is 0 Å². The van der Waals surface area contributed by atoms with Crippen molar-refractivity contribution in [3.05, 3.63) is 0 Å². The van der Waals surface area contributed by atoms with Crippen molar-refractivity contribution >= 4 is 10.4 Å². The fraction of sp³-hybridized carbons (Fsp3) is 0. The van der Waals surface area contributed by atoms with E-state index in [0.717, 1.165) is 0 Å². The Balaban J connectivity index is -0.000000144. The molecule has 0 aliphatic rings. The second kappa shape index (κ2) is 3.96. The Morgan fingerprint density at radius 3 is 1.43 bits per heavy atom. The van der Waals surface area contributed by atoms with Crippen LogP contribution in [0.25, 0.3) is 0 Å². The van der Waals surface area contributed by atoms with Gasteiger partial charge < -0.3 is 21.4 Å². The predicted octanol–water partition coefficient (Wildman–Crippen LogP) is -0.586. The number of quaternary nitrogens is 2. The zero-order chi connectivity index (χ0) is 13.5. The van der Waals surface area contributed by atoms with Gasteiger partial charge in [0.25, 0.3) is 0 Å². The van der Waals surface area contributed by atoms with E-state index in [1.165, 1.54) is 0 Å². The molecule has 0 rings (SSSR count). The van der Waals surface area contributed by atoms with Crippen molar-refractivity contribution in [1.82, 2.24) is 12.2 Å². The molecule has 0 unspecified atom stereocenters. The summed E-state index contributed by atoms with van der Waals surface area (Å²) in [5, 5.41) is 0. The van der Waals surface area contributed by atoms with Gasteiger partial charge in [-0.3, -0.25) is 8.42 Å². The Morgan fingerprint density at radius 2 is 1.43 bits per heavy atom. The molecule has 8 N–H and O–H groups in total. The van der Waals surface area contributed by atoms with Crippen LogP contribution in [0.4, 0.5) is 0 Å². The summed E-state index contributed by atoms with van der Waals surface area (Å²) in [6.45, 7) is 0. The number of hydrogen-bond acceptors (Lipinski definition) is 4. The van der Waals surface area contributed by atoms with Gasteiger partial charge in [0, 0.05) is 10.4 Å². The highest BCUT2D eigenvalue weighted by Crippen LogP contribution is 1.57. The maximum Gasteiger partial charge on any atom is 0.342 e. The van der Waals surface area contributed by atoms with Gasteiger partial charge in [-0.1, -0.05) is 0 Å². The Bertz CT molecular complexity index is 204. The van der Waals surface area contributed by atoms with Gasteiger partial charge in [0.15, 0.2) is 0 Å². The Hall–Kier alpha value is -0.210. The van der Waals surface area contributed by atoms with Gasteiger partial charge in [-0.2, -0.15) is 0 Å². The Kier molecular flexibility index (Phi) is 0.927. The molecule has 0 aromatic heterocycles. The van der Waals surface area contributed by atoms with Crippen LogP contribution in [0.2, 0.25) is 11.3 Å². The van der Waals surface area contributed by atoms with Gasteiger partial charge in [-0.15, -0.1) is 0 Å². The molecule has 0 radical (unpaired) electrons. The molecule has 7 heteroatoms. The monoisotopic (exact) mass is 142 g/mol. The minimum atomic E-state index is -5.17. The van der Waals surface area contributed by atoms with Gasteiger partial charge in [0.2, 0.25) is 0 Å². The SMILES string of the molecule is O=S(=O)([O-])[O-].[2H][15N+]([2H])([2H])[2H].[2H][15N+]([2H])([2H])[2H]. The van der Waals surface area contributed by atoms with Crippen molar-refractivity contribution < 1.29 is 28.8 Å². The lowest BCUT2D eigenvalue weighted by Crippen LogP contribution is -1.91. The average Bonchev–Trinajstić information content (AvgIpc) is 1.41. The summed E-state index contributed by atoms with van der Waals surface area (Å²) in [7, 11) is -5.17. The summed E-state index contributed by atoms with van der Waals surface area (Å²) in [4.78, 5) is 0. The van der Waals surface area contributed by atoms with Crippen LogP contribution in [0.15, 0.2) is 0 Å². The standard InChI is InChI=1S/2H3N.H2O4S/c;;1-5(2,3)4/h2*1H3;(H2,1,2,3,4)/i2*1+1;/hD8. The van der Waals surface area contributed by atoms with Crippen molar-refractivity contribution in [1.29, 1.82) is 0 Å². The number of hydrogen-bond donors (Lipinski definition) is 2. The van der Waals surface area contributed by atoms with Gasteiger partial charge in [-0.05, 0) is 0 Å². The van der Waals surface area contributed by atoms with E-state index >= 15 is 0 Å². The third kappa shape index (κ3) is 1890. The van der Waals surface area contributed by atoms with Crippen LogP contribution in [0, 0.1) is 0 Å². The largest absolute Gasteiger partial charge is 0.759 e.